The van der Waals surface area contributed by atoms with Gasteiger partial charge in [0.2, 0.25) is 11.9 Å². The summed E-state index contributed by atoms with van der Waals surface area (Å²) in [6, 6.07) is 9.61. The third-order valence-corrected chi connectivity index (χ3v) is 4.46. The summed E-state index contributed by atoms with van der Waals surface area (Å²) < 4.78 is 5.06. The average Bonchev–Trinajstić information content (AvgIpc) is 2.68. The van der Waals surface area contributed by atoms with Crippen LogP contribution in [0.15, 0.2) is 30.3 Å². The smallest absolute Gasteiger partial charge is 0.409 e. The van der Waals surface area contributed by atoms with Gasteiger partial charge < -0.3 is 20.7 Å². The quantitative estimate of drug-likeness (QED) is 0.822. The number of nitrogens with two attached hydrogens (primary N) is 1. The number of nitrogens with zero attached hydrogens (tertiary/aromatic N) is 5. The zero-order valence-electron chi connectivity index (χ0n) is 15.6. The van der Waals surface area contributed by atoms with Gasteiger partial charge >= 0.3 is 6.09 Å². The summed E-state index contributed by atoms with van der Waals surface area (Å²) in [6.07, 6.45) is -0.261. The Hall–Kier alpha value is -2.94. The Morgan fingerprint density at radius 1 is 1.19 bits per heavy atom. The minimum absolute atomic E-state index is 0.0454. The predicted octanol–water partition coefficient (Wildman–Crippen LogP) is 2.03. The van der Waals surface area contributed by atoms with Crippen molar-refractivity contribution in [3.05, 3.63) is 36.2 Å². The van der Waals surface area contributed by atoms with Gasteiger partial charge in [0, 0.05) is 31.9 Å². The Labute approximate surface area is 158 Å². The molecule has 1 aromatic carbocycles. The van der Waals surface area contributed by atoms with Gasteiger partial charge in [-0.05, 0) is 26.0 Å². The summed E-state index contributed by atoms with van der Waals surface area (Å²) in [5.41, 5.74) is 6.76. The molecule has 2 heterocycles. The highest BCUT2D eigenvalue weighted by Gasteiger charge is 2.27. The molecular formula is C18H25N7O2. The third-order valence-electron chi connectivity index (χ3n) is 4.46. The van der Waals surface area contributed by atoms with Gasteiger partial charge in [-0.2, -0.15) is 15.0 Å². The molecule has 2 aromatic rings. The van der Waals surface area contributed by atoms with Crippen LogP contribution in [0.1, 0.15) is 25.7 Å². The van der Waals surface area contributed by atoms with E-state index in [0.717, 1.165) is 5.69 Å². The summed E-state index contributed by atoms with van der Waals surface area (Å²) >= 11 is 0. The van der Waals surface area contributed by atoms with Crippen molar-refractivity contribution in [2.45, 2.75) is 19.9 Å². The van der Waals surface area contributed by atoms with Crippen LogP contribution in [0.4, 0.5) is 22.4 Å². The van der Waals surface area contributed by atoms with E-state index in [4.69, 9.17) is 10.5 Å². The van der Waals surface area contributed by atoms with Crippen molar-refractivity contribution in [1.29, 1.82) is 0 Å². The number of ether oxygens (including phenoxy) is 1. The predicted molar refractivity (Wildman–Crippen MR) is 103 cm³/mol. The van der Waals surface area contributed by atoms with E-state index < -0.39 is 0 Å². The molecule has 0 aliphatic carbocycles. The van der Waals surface area contributed by atoms with Crippen LogP contribution in [0.3, 0.4) is 0 Å². The molecule has 0 spiro atoms. The van der Waals surface area contributed by atoms with Crippen molar-refractivity contribution in [3.8, 4) is 0 Å². The van der Waals surface area contributed by atoms with Crippen molar-refractivity contribution in [3.63, 3.8) is 0 Å². The monoisotopic (exact) mass is 371 g/mol. The van der Waals surface area contributed by atoms with Gasteiger partial charge in [-0.15, -0.1) is 0 Å². The van der Waals surface area contributed by atoms with Crippen molar-refractivity contribution in [2.75, 3.05) is 43.8 Å². The van der Waals surface area contributed by atoms with E-state index in [0.29, 0.717) is 44.6 Å². The number of carbonyl (C=O) groups is 1. The van der Waals surface area contributed by atoms with Gasteiger partial charge in [0.05, 0.1) is 12.6 Å². The number of benzene rings is 1. The molecule has 0 saturated carbocycles. The Kier molecular flexibility index (Phi) is 6.02. The maximum Gasteiger partial charge on any atom is 0.409 e. The standard InChI is InChI=1S/C18H25N7O2/c1-3-27-18(26)25-11-9-24(10-12-25)13(2)15-21-16(19)23-17(22-15)20-14-7-5-4-6-8-14/h4-8,13H,3,9-12H2,1-2H3,(H3,19,20,21,22,23)/t13-/m1/s1. The van der Waals surface area contributed by atoms with Crippen molar-refractivity contribution < 1.29 is 9.53 Å². The largest absolute Gasteiger partial charge is 0.450 e. The normalized spacial score (nSPS) is 16.0. The van der Waals surface area contributed by atoms with E-state index in [1.165, 1.54) is 0 Å². The van der Waals surface area contributed by atoms with Crippen LogP contribution in [0.25, 0.3) is 0 Å². The second-order valence-corrected chi connectivity index (χ2v) is 6.26. The molecule has 9 nitrogen and oxygen atoms in total. The number of hydrogen-bond acceptors (Lipinski definition) is 8. The number of anilines is 3. The molecule has 1 aromatic heterocycles. The number of nitrogens with one attached hydrogen (secondary N) is 1. The molecule has 1 aliphatic heterocycles. The minimum Gasteiger partial charge on any atom is -0.450 e. The van der Waals surface area contributed by atoms with Crippen molar-refractivity contribution >= 4 is 23.7 Å². The lowest BCUT2D eigenvalue weighted by Gasteiger charge is -2.36. The number of aromatic nitrogens is 3. The highest BCUT2D eigenvalue weighted by atomic mass is 16.6. The maximum absolute atomic E-state index is 11.8. The fourth-order valence-corrected chi connectivity index (χ4v) is 2.97. The molecule has 1 saturated heterocycles. The number of amides is 1. The molecule has 1 fully saturated rings. The first-order chi connectivity index (χ1) is 13.1. The summed E-state index contributed by atoms with van der Waals surface area (Å²) in [7, 11) is 0. The molecule has 0 radical (unpaired) electrons. The molecule has 1 amide bonds. The Morgan fingerprint density at radius 2 is 1.89 bits per heavy atom. The van der Waals surface area contributed by atoms with Crippen LogP contribution >= 0.6 is 0 Å². The topological polar surface area (TPSA) is 110 Å². The molecule has 9 heteroatoms. The maximum atomic E-state index is 11.8. The van der Waals surface area contributed by atoms with E-state index >= 15 is 0 Å². The first-order valence-corrected chi connectivity index (χ1v) is 9.06. The summed E-state index contributed by atoms with van der Waals surface area (Å²) in [5, 5.41) is 3.15. The van der Waals surface area contributed by atoms with Crippen LogP contribution in [-0.2, 0) is 4.74 Å². The van der Waals surface area contributed by atoms with Crippen molar-refractivity contribution in [1.82, 2.24) is 24.8 Å². The fraction of sp³-hybridized carbons (Fsp3) is 0.444. The van der Waals surface area contributed by atoms with E-state index in [2.05, 4.69) is 25.2 Å². The Bertz CT molecular complexity index is 764. The van der Waals surface area contributed by atoms with Gasteiger partial charge in [0.25, 0.3) is 0 Å². The average molecular weight is 371 g/mol. The Morgan fingerprint density at radius 3 is 2.56 bits per heavy atom. The summed E-state index contributed by atoms with van der Waals surface area (Å²) in [5.74, 6) is 1.20. The lowest BCUT2D eigenvalue weighted by atomic mass is 10.2. The molecule has 27 heavy (non-hydrogen) atoms. The summed E-state index contributed by atoms with van der Waals surface area (Å²) in [4.78, 5) is 28.8. The molecule has 0 bridgehead atoms. The van der Waals surface area contributed by atoms with Gasteiger partial charge in [-0.3, -0.25) is 4.90 Å². The lowest BCUT2D eigenvalue weighted by Crippen LogP contribution is -2.49. The zero-order valence-corrected chi connectivity index (χ0v) is 15.6. The van der Waals surface area contributed by atoms with Crippen LogP contribution in [0, 0.1) is 0 Å². The van der Waals surface area contributed by atoms with E-state index in [9.17, 15) is 4.79 Å². The number of carbonyl (C=O) groups excluding carboxylic acids is 1. The molecule has 1 atom stereocenters. The number of rotatable bonds is 5. The highest BCUT2D eigenvalue weighted by molar-refractivity contribution is 5.67. The number of nitrogen functional groups attached to an aromatic ring is 1. The first kappa shape index (κ1) is 18.8. The molecule has 3 N–H and O–H groups in total. The van der Waals surface area contributed by atoms with Crippen LogP contribution in [0.5, 0.6) is 0 Å². The van der Waals surface area contributed by atoms with Gasteiger partial charge in [-0.1, -0.05) is 18.2 Å². The molecule has 0 unspecified atom stereocenters. The number of piperazine rings is 1. The van der Waals surface area contributed by atoms with E-state index in [1.54, 1.807) is 4.90 Å². The van der Waals surface area contributed by atoms with Gasteiger partial charge in [0.15, 0.2) is 5.82 Å². The fourth-order valence-electron chi connectivity index (χ4n) is 2.97. The number of hydrogen-bond donors (Lipinski definition) is 2. The number of para-hydroxylation sites is 1. The van der Waals surface area contributed by atoms with E-state index in [-0.39, 0.29) is 18.1 Å². The molecule has 3 rings (SSSR count). The molecular weight excluding hydrogens is 346 g/mol. The molecule has 1 aliphatic rings. The lowest BCUT2D eigenvalue weighted by molar-refractivity contribution is 0.0673. The van der Waals surface area contributed by atoms with E-state index in [1.807, 2.05) is 44.2 Å². The van der Waals surface area contributed by atoms with Crippen LogP contribution < -0.4 is 11.1 Å². The molecule has 144 valence electrons. The highest BCUT2D eigenvalue weighted by Crippen LogP contribution is 2.21. The third kappa shape index (κ3) is 4.82. The Balaban J connectivity index is 1.66. The second kappa shape index (κ2) is 8.63. The summed E-state index contributed by atoms with van der Waals surface area (Å²) in [6.45, 7) is 6.87. The van der Waals surface area contributed by atoms with Gasteiger partial charge in [0.1, 0.15) is 0 Å². The van der Waals surface area contributed by atoms with Gasteiger partial charge in [-0.25, -0.2) is 4.79 Å². The second-order valence-electron chi connectivity index (χ2n) is 6.26. The zero-order chi connectivity index (χ0) is 19.2. The van der Waals surface area contributed by atoms with Crippen LogP contribution in [0.2, 0.25) is 0 Å². The first-order valence-electron chi connectivity index (χ1n) is 9.06. The minimum atomic E-state index is -0.261. The van der Waals surface area contributed by atoms with Crippen LogP contribution in [-0.4, -0.2) is 63.6 Å². The van der Waals surface area contributed by atoms with Crippen molar-refractivity contribution in [2.24, 2.45) is 0 Å². The SMILES string of the molecule is CCOC(=O)N1CCN([C@H](C)c2nc(N)nc(Nc3ccccc3)n2)CC1.